The summed E-state index contributed by atoms with van der Waals surface area (Å²) in [4.78, 5) is 25.3. The maximum absolute atomic E-state index is 14.1. The van der Waals surface area contributed by atoms with Gasteiger partial charge in [-0.15, -0.1) is 0 Å². The van der Waals surface area contributed by atoms with Crippen molar-refractivity contribution in [1.82, 2.24) is 0 Å². The third-order valence-electron chi connectivity index (χ3n) is 5.60. The fourth-order valence-electron chi connectivity index (χ4n) is 4.83. The molecule has 0 radical (unpaired) electrons. The van der Waals surface area contributed by atoms with E-state index in [-0.39, 0.29) is 0 Å². The molecule has 2 aliphatic heterocycles. The summed E-state index contributed by atoms with van der Waals surface area (Å²) in [6.07, 6.45) is -3.32. The van der Waals surface area contributed by atoms with Crippen molar-refractivity contribution in [3.05, 3.63) is 12.2 Å². The van der Waals surface area contributed by atoms with Crippen molar-refractivity contribution in [2.45, 2.75) is 45.6 Å². The Bertz CT molecular complexity index is 632. The predicted octanol–water partition coefficient (Wildman–Crippen LogP) is 2.67. The van der Waals surface area contributed by atoms with Gasteiger partial charge >= 0.3 is 12.1 Å². The van der Waals surface area contributed by atoms with Crippen molar-refractivity contribution in [2.75, 3.05) is 7.11 Å². The number of methoxy groups -OCH3 is 1. The zero-order valence-electron chi connectivity index (χ0n) is 13.6. The largest absolute Gasteiger partial charge is 0.469 e. The Balaban J connectivity index is 2.30. The van der Waals surface area contributed by atoms with E-state index in [0.29, 0.717) is 0 Å². The molecule has 5 unspecified atom stereocenters. The maximum atomic E-state index is 14.1. The normalized spacial score (nSPS) is 44.2. The lowest BCUT2D eigenvalue weighted by Crippen LogP contribution is -2.48. The highest BCUT2D eigenvalue weighted by Crippen LogP contribution is 2.88. The molecule has 23 heavy (non-hydrogen) atoms. The minimum absolute atomic E-state index is 0.618. The van der Waals surface area contributed by atoms with Crippen LogP contribution in [0.1, 0.15) is 27.7 Å². The smallest absolute Gasteiger partial charge is 0.399 e. The van der Waals surface area contributed by atoms with Crippen LogP contribution in [-0.2, 0) is 19.1 Å². The molecule has 0 spiro atoms. The van der Waals surface area contributed by atoms with Gasteiger partial charge in [0.25, 0.3) is 0 Å². The molecule has 0 aromatic rings. The average molecular weight is 332 g/mol. The Morgan fingerprint density at radius 1 is 1.22 bits per heavy atom. The van der Waals surface area contributed by atoms with Gasteiger partial charge in [0.15, 0.2) is 0 Å². The number of halogens is 3. The average Bonchev–Trinajstić information content (AvgIpc) is 2.84. The number of carbonyl (C=O) groups is 2. The SMILES string of the molecule is COC(=O)C1C2(C(=O)C(C)(C)C)C3(C)C=CC(O3)C12C(F)(F)F. The Morgan fingerprint density at radius 2 is 1.78 bits per heavy atom. The predicted molar refractivity (Wildman–Crippen MR) is 73.3 cm³/mol. The third-order valence-corrected chi connectivity index (χ3v) is 5.60. The van der Waals surface area contributed by atoms with Gasteiger partial charge < -0.3 is 9.47 Å². The number of ketones is 1. The van der Waals surface area contributed by atoms with Gasteiger partial charge in [-0.25, -0.2) is 0 Å². The van der Waals surface area contributed by atoms with Gasteiger partial charge in [-0.3, -0.25) is 9.59 Å². The number of alkyl halides is 3. The summed E-state index contributed by atoms with van der Waals surface area (Å²) in [7, 11) is 1.04. The van der Waals surface area contributed by atoms with Crippen molar-refractivity contribution in [2.24, 2.45) is 22.2 Å². The fourth-order valence-corrected chi connectivity index (χ4v) is 4.83. The summed E-state index contributed by atoms with van der Waals surface area (Å²) in [5.74, 6) is -3.21. The standard InChI is InChI=1S/C16H19F3O4/c1-12(2,3)11(21)15-9(10(20)22-5)14(15,16(17,18)19)8-6-7-13(15,4)23-8/h6-9H,1-5H3. The van der Waals surface area contributed by atoms with E-state index in [1.54, 1.807) is 20.8 Å². The van der Waals surface area contributed by atoms with Crippen LogP contribution in [0.15, 0.2) is 12.2 Å². The number of carbonyl (C=O) groups excluding carboxylic acids is 2. The van der Waals surface area contributed by atoms with E-state index in [9.17, 15) is 22.8 Å². The van der Waals surface area contributed by atoms with Crippen molar-refractivity contribution >= 4 is 11.8 Å². The van der Waals surface area contributed by atoms with E-state index in [4.69, 9.17) is 4.74 Å². The van der Waals surface area contributed by atoms with Crippen LogP contribution in [0, 0.1) is 22.2 Å². The first-order chi connectivity index (χ1) is 10.3. The van der Waals surface area contributed by atoms with Crippen LogP contribution in [0.4, 0.5) is 13.2 Å². The summed E-state index contributed by atoms with van der Waals surface area (Å²) in [5, 5.41) is 0. The fraction of sp³-hybridized carbons (Fsp3) is 0.750. The maximum Gasteiger partial charge on any atom is 0.399 e. The number of hydrogen-bond donors (Lipinski definition) is 0. The van der Waals surface area contributed by atoms with E-state index in [1.807, 2.05) is 0 Å². The molecule has 128 valence electrons. The lowest BCUT2D eigenvalue weighted by molar-refractivity contribution is -0.213. The topological polar surface area (TPSA) is 52.6 Å². The summed E-state index contributed by atoms with van der Waals surface area (Å²) >= 11 is 0. The molecule has 0 aromatic carbocycles. The highest BCUT2D eigenvalue weighted by molar-refractivity contribution is 6.03. The van der Waals surface area contributed by atoms with E-state index < -0.39 is 51.8 Å². The Labute approximate surface area is 132 Å². The lowest BCUT2D eigenvalue weighted by atomic mass is 9.67. The van der Waals surface area contributed by atoms with Crippen LogP contribution in [0.5, 0.6) is 0 Å². The molecule has 5 atom stereocenters. The van der Waals surface area contributed by atoms with E-state index in [2.05, 4.69) is 4.74 Å². The van der Waals surface area contributed by atoms with Gasteiger partial charge in [0.1, 0.15) is 11.2 Å². The van der Waals surface area contributed by atoms with Crippen molar-refractivity contribution in [1.29, 1.82) is 0 Å². The Morgan fingerprint density at radius 3 is 2.22 bits per heavy atom. The second kappa shape index (κ2) is 3.99. The number of fused-ring (bicyclic) bond motifs is 5. The van der Waals surface area contributed by atoms with E-state index in [1.165, 1.54) is 19.1 Å². The van der Waals surface area contributed by atoms with Crippen LogP contribution in [0.2, 0.25) is 0 Å². The van der Waals surface area contributed by atoms with Gasteiger partial charge in [-0.1, -0.05) is 32.9 Å². The van der Waals surface area contributed by atoms with Crippen LogP contribution < -0.4 is 0 Å². The second-order valence-corrected chi connectivity index (χ2v) is 7.71. The van der Waals surface area contributed by atoms with Gasteiger partial charge in [-0.2, -0.15) is 13.2 Å². The summed E-state index contributed by atoms with van der Waals surface area (Å²) < 4.78 is 52.4. The first-order valence-corrected chi connectivity index (χ1v) is 7.39. The quantitative estimate of drug-likeness (QED) is 0.576. The number of ether oxygens (including phenoxy) is 2. The lowest BCUT2D eigenvalue weighted by Gasteiger charge is -2.35. The van der Waals surface area contributed by atoms with Gasteiger partial charge in [0.2, 0.25) is 0 Å². The minimum atomic E-state index is -4.76. The monoisotopic (exact) mass is 332 g/mol. The molecule has 0 aromatic heterocycles. The van der Waals surface area contributed by atoms with Gasteiger partial charge in [0.05, 0.1) is 30.1 Å². The van der Waals surface area contributed by atoms with Crippen LogP contribution in [0.25, 0.3) is 0 Å². The number of Topliss-reactive ketones (excluding diaryl/α,β-unsaturated/α-hetero) is 1. The molecule has 1 saturated heterocycles. The third kappa shape index (κ3) is 1.44. The molecule has 2 fully saturated rings. The molecular formula is C16H19F3O4. The molecule has 7 heteroatoms. The molecule has 3 aliphatic rings. The molecule has 2 heterocycles. The van der Waals surface area contributed by atoms with Crippen molar-refractivity contribution in [3.8, 4) is 0 Å². The van der Waals surface area contributed by atoms with E-state index in [0.717, 1.165) is 7.11 Å². The zero-order chi connectivity index (χ0) is 17.6. The Kier molecular flexibility index (Phi) is 2.86. The molecule has 0 amide bonds. The molecule has 2 bridgehead atoms. The van der Waals surface area contributed by atoms with Gasteiger partial charge in [-0.05, 0) is 6.92 Å². The van der Waals surface area contributed by atoms with Crippen LogP contribution in [0.3, 0.4) is 0 Å². The second-order valence-electron chi connectivity index (χ2n) is 7.71. The highest BCUT2D eigenvalue weighted by Gasteiger charge is 3.03. The van der Waals surface area contributed by atoms with E-state index >= 15 is 0 Å². The molecular weight excluding hydrogens is 313 g/mol. The van der Waals surface area contributed by atoms with Crippen LogP contribution >= 0.6 is 0 Å². The number of rotatable bonds is 2. The minimum Gasteiger partial charge on any atom is -0.469 e. The molecule has 0 N–H and O–H groups in total. The first kappa shape index (κ1) is 16.5. The van der Waals surface area contributed by atoms with Crippen molar-refractivity contribution < 1.29 is 32.2 Å². The van der Waals surface area contributed by atoms with Crippen LogP contribution in [-0.4, -0.2) is 36.7 Å². The number of esters is 1. The summed E-state index contributed by atoms with van der Waals surface area (Å²) in [6.45, 7) is 6.11. The Hall–Kier alpha value is -1.37. The molecule has 1 saturated carbocycles. The summed E-state index contributed by atoms with van der Waals surface area (Å²) in [6, 6.07) is 0. The van der Waals surface area contributed by atoms with Gasteiger partial charge in [0, 0.05) is 5.41 Å². The number of hydrogen-bond acceptors (Lipinski definition) is 4. The molecule has 3 rings (SSSR count). The highest BCUT2D eigenvalue weighted by atomic mass is 19.4. The summed E-state index contributed by atoms with van der Waals surface area (Å²) in [5.41, 5.74) is -7.02. The van der Waals surface area contributed by atoms with Crippen molar-refractivity contribution in [3.63, 3.8) is 0 Å². The first-order valence-electron chi connectivity index (χ1n) is 7.39. The molecule has 4 nitrogen and oxygen atoms in total. The molecule has 1 aliphatic carbocycles. The zero-order valence-corrected chi connectivity index (χ0v) is 13.6.